The highest BCUT2D eigenvalue weighted by Gasteiger charge is 2.34. The maximum absolute atomic E-state index is 13.3. The molecule has 0 saturated carbocycles. The van der Waals surface area contributed by atoms with E-state index in [1.165, 1.54) is 0 Å². The standard InChI is InChI=1S/C22H15ClF3N3O/c1-12-7-14(5-6-27-12)13-3-2-4-15(8-13)18-11-21(30)29-20-10-17(23)16(22(24,25)26)9-19(20)28-18/h2-10H,11H2,1H3,(H,29,30). The lowest BCUT2D eigenvalue weighted by atomic mass is 10.00. The van der Waals surface area contributed by atoms with Gasteiger partial charge in [0.1, 0.15) is 0 Å². The zero-order valence-corrected chi connectivity index (χ0v) is 16.5. The Bertz CT molecular complexity index is 1190. The van der Waals surface area contributed by atoms with Gasteiger partial charge in [-0.1, -0.05) is 29.8 Å². The molecule has 2 heterocycles. The third kappa shape index (κ3) is 4.07. The van der Waals surface area contributed by atoms with E-state index in [1.54, 1.807) is 12.3 Å². The molecule has 4 nitrogen and oxygen atoms in total. The predicted molar refractivity (Wildman–Crippen MR) is 110 cm³/mol. The number of fused-ring (bicyclic) bond motifs is 1. The minimum absolute atomic E-state index is 0.0118. The van der Waals surface area contributed by atoms with E-state index >= 15 is 0 Å². The Morgan fingerprint density at radius 2 is 1.77 bits per heavy atom. The van der Waals surface area contributed by atoms with Gasteiger partial charge in [0.15, 0.2) is 0 Å². The van der Waals surface area contributed by atoms with Crippen molar-refractivity contribution < 1.29 is 18.0 Å². The molecule has 1 aliphatic rings. The van der Waals surface area contributed by atoms with Crippen molar-refractivity contribution in [3.05, 3.63) is 76.6 Å². The average Bonchev–Trinajstić information content (AvgIpc) is 2.84. The largest absolute Gasteiger partial charge is 0.417 e. The number of nitrogens with one attached hydrogen (secondary N) is 1. The summed E-state index contributed by atoms with van der Waals surface area (Å²) in [7, 11) is 0. The van der Waals surface area contributed by atoms with Gasteiger partial charge in [0.05, 0.1) is 34.1 Å². The summed E-state index contributed by atoms with van der Waals surface area (Å²) in [6.07, 6.45) is -3.00. The molecule has 0 aliphatic carbocycles. The lowest BCUT2D eigenvalue weighted by Crippen LogP contribution is -2.15. The highest BCUT2D eigenvalue weighted by Crippen LogP contribution is 2.41. The van der Waals surface area contributed by atoms with Crippen molar-refractivity contribution in [1.29, 1.82) is 0 Å². The summed E-state index contributed by atoms with van der Waals surface area (Å²) in [5, 5.41) is 2.09. The number of aromatic nitrogens is 1. The van der Waals surface area contributed by atoms with Gasteiger partial charge in [-0.25, -0.2) is 0 Å². The molecule has 1 N–H and O–H groups in total. The summed E-state index contributed by atoms with van der Waals surface area (Å²) in [6.45, 7) is 1.88. The topological polar surface area (TPSA) is 54.4 Å². The maximum atomic E-state index is 13.3. The zero-order valence-electron chi connectivity index (χ0n) is 15.7. The van der Waals surface area contributed by atoms with E-state index in [-0.39, 0.29) is 23.7 Å². The number of alkyl halides is 3. The Kier molecular flexibility index (Phi) is 5.07. The molecule has 1 aliphatic heterocycles. The summed E-state index contributed by atoms with van der Waals surface area (Å²) >= 11 is 5.78. The Morgan fingerprint density at radius 3 is 2.50 bits per heavy atom. The fourth-order valence-electron chi connectivity index (χ4n) is 3.27. The fourth-order valence-corrected chi connectivity index (χ4v) is 3.54. The first-order valence-corrected chi connectivity index (χ1v) is 9.40. The van der Waals surface area contributed by atoms with Gasteiger partial charge in [-0.05, 0) is 53.9 Å². The third-order valence-electron chi connectivity index (χ3n) is 4.67. The summed E-state index contributed by atoms with van der Waals surface area (Å²) < 4.78 is 39.8. The molecule has 4 rings (SSSR count). The Morgan fingerprint density at radius 1 is 1.03 bits per heavy atom. The first-order valence-electron chi connectivity index (χ1n) is 9.02. The minimum Gasteiger partial charge on any atom is -0.324 e. The van der Waals surface area contributed by atoms with Gasteiger partial charge >= 0.3 is 6.18 Å². The summed E-state index contributed by atoms with van der Waals surface area (Å²) in [5.41, 5.74) is 2.86. The second-order valence-electron chi connectivity index (χ2n) is 6.90. The number of benzene rings is 2. The van der Waals surface area contributed by atoms with Crippen molar-refractivity contribution in [3.8, 4) is 11.1 Å². The molecule has 0 atom stereocenters. The molecule has 30 heavy (non-hydrogen) atoms. The number of hydrogen-bond acceptors (Lipinski definition) is 3. The van der Waals surface area contributed by atoms with E-state index in [9.17, 15) is 18.0 Å². The van der Waals surface area contributed by atoms with Gasteiger partial charge in [0, 0.05) is 11.9 Å². The first kappa shape index (κ1) is 20.1. The van der Waals surface area contributed by atoms with E-state index in [0.29, 0.717) is 11.3 Å². The van der Waals surface area contributed by atoms with Crippen molar-refractivity contribution in [3.63, 3.8) is 0 Å². The van der Waals surface area contributed by atoms with Crippen LogP contribution in [0, 0.1) is 6.92 Å². The van der Waals surface area contributed by atoms with Gasteiger partial charge in [-0.15, -0.1) is 0 Å². The lowest BCUT2D eigenvalue weighted by Gasteiger charge is -2.12. The highest BCUT2D eigenvalue weighted by atomic mass is 35.5. The van der Waals surface area contributed by atoms with Crippen molar-refractivity contribution in [1.82, 2.24) is 4.98 Å². The van der Waals surface area contributed by atoms with Crippen LogP contribution in [-0.2, 0) is 11.0 Å². The van der Waals surface area contributed by atoms with Crippen LogP contribution < -0.4 is 5.32 Å². The molecule has 0 saturated heterocycles. The van der Waals surface area contributed by atoms with Crippen LogP contribution in [0.5, 0.6) is 0 Å². The number of anilines is 1. The van der Waals surface area contributed by atoms with E-state index < -0.39 is 16.8 Å². The van der Waals surface area contributed by atoms with Crippen LogP contribution in [0.4, 0.5) is 24.5 Å². The number of aliphatic imine (C=N–C) groups is 1. The molecular formula is C22H15ClF3N3O. The molecule has 8 heteroatoms. The molecule has 0 fully saturated rings. The molecule has 2 aromatic carbocycles. The van der Waals surface area contributed by atoms with Crippen LogP contribution in [0.2, 0.25) is 5.02 Å². The van der Waals surface area contributed by atoms with Gasteiger partial charge in [0.2, 0.25) is 5.91 Å². The average molecular weight is 430 g/mol. The molecule has 1 aromatic heterocycles. The third-order valence-corrected chi connectivity index (χ3v) is 4.99. The predicted octanol–water partition coefficient (Wildman–Crippen LogP) is 6.19. The van der Waals surface area contributed by atoms with Crippen molar-refractivity contribution in [2.45, 2.75) is 19.5 Å². The Labute approximate surface area is 175 Å². The van der Waals surface area contributed by atoms with Gasteiger partial charge in [-0.2, -0.15) is 13.2 Å². The van der Waals surface area contributed by atoms with E-state index in [1.807, 2.05) is 37.3 Å². The highest BCUT2D eigenvalue weighted by molar-refractivity contribution is 6.32. The van der Waals surface area contributed by atoms with E-state index in [2.05, 4.69) is 15.3 Å². The summed E-state index contributed by atoms with van der Waals surface area (Å²) in [5.74, 6) is -0.381. The number of halogens is 4. The number of carbonyl (C=O) groups excluding carboxylic acids is 1. The Balaban J connectivity index is 1.82. The number of pyridine rings is 1. The van der Waals surface area contributed by atoms with Gasteiger partial charge in [0.25, 0.3) is 0 Å². The summed E-state index contributed by atoms with van der Waals surface area (Å²) in [4.78, 5) is 20.9. The van der Waals surface area contributed by atoms with Crippen LogP contribution in [0.25, 0.3) is 11.1 Å². The molecule has 152 valence electrons. The van der Waals surface area contributed by atoms with Crippen molar-refractivity contribution in [2.75, 3.05) is 5.32 Å². The molecule has 0 bridgehead atoms. The van der Waals surface area contributed by atoms with Crippen LogP contribution in [0.1, 0.15) is 23.2 Å². The van der Waals surface area contributed by atoms with E-state index in [4.69, 9.17) is 11.6 Å². The zero-order chi connectivity index (χ0) is 21.5. The molecule has 3 aromatic rings. The number of rotatable bonds is 2. The number of nitrogens with zero attached hydrogens (tertiary/aromatic N) is 2. The summed E-state index contributed by atoms with van der Waals surface area (Å²) in [6, 6.07) is 13.1. The van der Waals surface area contributed by atoms with Crippen LogP contribution >= 0.6 is 11.6 Å². The van der Waals surface area contributed by atoms with Crippen LogP contribution in [0.15, 0.2) is 59.7 Å². The smallest absolute Gasteiger partial charge is 0.324 e. The molecule has 0 unspecified atom stereocenters. The van der Waals surface area contributed by atoms with Crippen molar-refractivity contribution >= 4 is 34.6 Å². The van der Waals surface area contributed by atoms with Crippen molar-refractivity contribution in [2.24, 2.45) is 4.99 Å². The lowest BCUT2D eigenvalue weighted by molar-refractivity contribution is -0.137. The monoisotopic (exact) mass is 429 g/mol. The number of aryl methyl sites for hydroxylation is 1. The fraction of sp³-hybridized carbons (Fsp3) is 0.136. The second kappa shape index (κ2) is 7.57. The molecule has 1 amide bonds. The number of hydrogen-bond donors (Lipinski definition) is 1. The molecule has 0 radical (unpaired) electrons. The van der Waals surface area contributed by atoms with Gasteiger partial charge in [-0.3, -0.25) is 14.8 Å². The normalized spacial score (nSPS) is 13.9. The minimum atomic E-state index is -4.63. The SMILES string of the molecule is Cc1cc(-c2cccc(C3=Nc4cc(C(F)(F)F)c(Cl)cc4NC(=O)C3)c2)ccn1. The van der Waals surface area contributed by atoms with Gasteiger partial charge < -0.3 is 5.32 Å². The maximum Gasteiger partial charge on any atom is 0.417 e. The van der Waals surface area contributed by atoms with Crippen LogP contribution in [-0.4, -0.2) is 16.6 Å². The first-order chi connectivity index (χ1) is 14.2. The molecular weight excluding hydrogens is 415 g/mol. The van der Waals surface area contributed by atoms with E-state index in [0.717, 1.165) is 29.0 Å². The number of amides is 1. The van der Waals surface area contributed by atoms with Crippen LogP contribution in [0.3, 0.4) is 0 Å². The molecule has 0 spiro atoms. The number of carbonyl (C=O) groups is 1. The Hall–Kier alpha value is -3.19. The second-order valence-corrected chi connectivity index (χ2v) is 7.30. The quantitative estimate of drug-likeness (QED) is 0.528.